The van der Waals surface area contributed by atoms with Crippen LogP contribution in [0.15, 0.2) is 4.99 Å². The molecule has 0 amide bonds. The molecule has 2 saturated heterocycles. The van der Waals surface area contributed by atoms with Crippen LogP contribution in [0, 0.1) is 17.8 Å². The Morgan fingerprint density at radius 1 is 1.32 bits per heavy atom. The summed E-state index contributed by atoms with van der Waals surface area (Å²) in [4.78, 5) is 18.7. The molecule has 2 rings (SSSR count). The number of guanidine groups is 1. The van der Waals surface area contributed by atoms with E-state index in [0.29, 0.717) is 26.2 Å². The number of hydrogen-bond acceptors (Lipinski definition) is 5. The third-order valence-corrected chi connectivity index (χ3v) is 6.24. The number of likely N-dealkylation sites (tertiary alicyclic amines) is 1. The molecule has 0 spiro atoms. The lowest BCUT2D eigenvalue weighted by Gasteiger charge is -2.22. The highest BCUT2D eigenvalue weighted by Gasteiger charge is 2.37. The Morgan fingerprint density at radius 2 is 2.04 bits per heavy atom. The predicted octanol–water partition coefficient (Wildman–Crippen LogP) is -0.0257. The number of nitrogens with one attached hydrogen (secondary N) is 1. The van der Waals surface area contributed by atoms with Crippen LogP contribution in [0.1, 0.15) is 20.3 Å². The first-order valence-electron chi connectivity index (χ1n) is 8.82. The van der Waals surface area contributed by atoms with Gasteiger partial charge >= 0.3 is 5.97 Å². The Bertz CT molecular complexity index is 607. The topological polar surface area (TPSA) is 91.3 Å². The highest BCUT2D eigenvalue weighted by molar-refractivity contribution is 7.88. The van der Waals surface area contributed by atoms with Gasteiger partial charge in [-0.05, 0) is 25.2 Å². The van der Waals surface area contributed by atoms with Crippen molar-refractivity contribution in [3.63, 3.8) is 0 Å². The second-order valence-corrected chi connectivity index (χ2v) is 8.96. The van der Waals surface area contributed by atoms with E-state index in [0.717, 1.165) is 25.5 Å². The molecule has 2 fully saturated rings. The van der Waals surface area contributed by atoms with E-state index >= 15 is 0 Å². The molecule has 1 N–H and O–H groups in total. The smallest absolute Gasteiger partial charge is 0.310 e. The first kappa shape index (κ1) is 20.0. The van der Waals surface area contributed by atoms with Gasteiger partial charge in [-0.1, -0.05) is 6.92 Å². The van der Waals surface area contributed by atoms with Crippen molar-refractivity contribution in [2.24, 2.45) is 22.7 Å². The van der Waals surface area contributed by atoms with Gasteiger partial charge < -0.3 is 15.0 Å². The minimum absolute atomic E-state index is 0.138. The van der Waals surface area contributed by atoms with E-state index in [9.17, 15) is 13.2 Å². The van der Waals surface area contributed by atoms with E-state index in [1.54, 1.807) is 0 Å². The second kappa shape index (κ2) is 8.35. The molecule has 3 atom stereocenters. The average molecular weight is 375 g/mol. The van der Waals surface area contributed by atoms with Gasteiger partial charge in [0.2, 0.25) is 10.0 Å². The lowest BCUT2D eigenvalue weighted by Crippen LogP contribution is -2.41. The Kier molecular flexibility index (Phi) is 6.67. The van der Waals surface area contributed by atoms with Crippen molar-refractivity contribution < 1.29 is 17.9 Å². The molecule has 2 aliphatic heterocycles. The first-order valence-corrected chi connectivity index (χ1v) is 10.7. The molecule has 3 unspecified atom stereocenters. The summed E-state index contributed by atoms with van der Waals surface area (Å²) in [5.41, 5.74) is 0. The normalized spacial score (nSPS) is 28.4. The number of aliphatic imine (C=N–C) groups is 1. The van der Waals surface area contributed by atoms with Crippen LogP contribution < -0.4 is 5.32 Å². The Balaban J connectivity index is 1.99. The average Bonchev–Trinajstić information content (AvgIpc) is 3.17. The number of ether oxygens (including phenoxy) is 1. The van der Waals surface area contributed by atoms with Crippen molar-refractivity contribution in [3.8, 4) is 0 Å². The van der Waals surface area contributed by atoms with E-state index in [1.807, 2.05) is 13.8 Å². The van der Waals surface area contributed by atoms with Gasteiger partial charge in [-0.3, -0.25) is 9.79 Å². The van der Waals surface area contributed by atoms with Gasteiger partial charge in [-0.25, -0.2) is 12.7 Å². The van der Waals surface area contributed by atoms with Gasteiger partial charge in [-0.15, -0.1) is 0 Å². The van der Waals surface area contributed by atoms with Crippen LogP contribution in [-0.4, -0.2) is 82.2 Å². The molecule has 0 aromatic rings. The summed E-state index contributed by atoms with van der Waals surface area (Å²) < 4.78 is 29.6. The van der Waals surface area contributed by atoms with E-state index in [-0.39, 0.29) is 23.7 Å². The molecule has 0 aliphatic carbocycles. The zero-order valence-electron chi connectivity index (χ0n) is 15.6. The Morgan fingerprint density at radius 3 is 2.60 bits per heavy atom. The molecule has 8 nitrogen and oxygen atoms in total. The maximum absolute atomic E-state index is 11.9. The number of nitrogens with zero attached hydrogens (tertiary/aromatic N) is 3. The molecule has 144 valence electrons. The summed E-state index contributed by atoms with van der Waals surface area (Å²) in [5, 5.41) is 3.28. The molecule has 0 radical (unpaired) electrons. The number of carbonyl (C=O) groups excluding carboxylic acids is 1. The van der Waals surface area contributed by atoms with Gasteiger partial charge in [0.15, 0.2) is 5.96 Å². The molecule has 2 heterocycles. The van der Waals surface area contributed by atoms with Gasteiger partial charge in [0.25, 0.3) is 0 Å². The zero-order chi connectivity index (χ0) is 18.6. The number of esters is 1. The van der Waals surface area contributed by atoms with Crippen LogP contribution >= 0.6 is 0 Å². The Labute approximate surface area is 150 Å². The van der Waals surface area contributed by atoms with Gasteiger partial charge in [0.1, 0.15) is 0 Å². The molecule has 0 aromatic heterocycles. The van der Waals surface area contributed by atoms with Crippen molar-refractivity contribution in [2.75, 3.05) is 52.6 Å². The van der Waals surface area contributed by atoms with E-state index in [4.69, 9.17) is 9.73 Å². The zero-order valence-corrected chi connectivity index (χ0v) is 16.4. The monoisotopic (exact) mass is 374 g/mol. The predicted molar refractivity (Wildman–Crippen MR) is 96.7 cm³/mol. The van der Waals surface area contributed by atoms with Crippen LogP contribution in [0.5, 0.6) is 0 Å². The number of rotatable bonds is 5. The largest absolute Gasteiger partial charge is 0.469 e. The maximum atomic E-state index is 11.9. The number of sulfonamides is 1. The quantitative estimate of drug-likeness (QED) is 0.413. The lowest BCUT2D eigenvalue weighted by molar-refractivity contribution is -0.145. The van der Waals surface area contributed by atoms with Crippen LogP contribution in [0.4, 0.5) is 0 Å². The summed E-state index contributed by atoms with van der Waals surface area (Å²) in [6.45, 7) is 7.84. The molecule has 2 aliphatic rings. The van der Waals surface area contributed by atoms with Gasteiger partial charge in [-0.2, -0.15) is 0 Å². The van der Waals surface area contributed by atoms with Crippen LogP contribution in [-0.2, 0) is 19.6 Å². The molecule has 25 heavy (non-hydrogen) atoms. The highest BCUT2D eigenvalue weighted by Crippen LogP contribution is 2.24. The van der Waals surface area contributed by atoms with Crippen molar-refractivity contribution in [2.45, 2.75) is 20.3 Å². The minimum Gasteiger partial charge on any atom is -0.469 e. The standard InChI is InChI=1S/C16H30N4O4S/c1-5-17-16(19-9-12(2)14(11-19)15(21)24-3)18-8-13-6-7-20(10-13)25(4,22)23/h12-14H,5-11H2,1-4H3,(H,17,18). The van der Waals surface area contributed by atoms with Crippen LogP contribution in [0.3, 0.4) is 0 Å². The number of hydrogen-bond donors (Lipinski definition) is 1. The number of carbonyl (C=O) groups is 1. The number of methoxy groups -OCH3 is 1. The summed E-state index contributed by atoms with van der Waals surface area (Å²) in [6.07, 6.45) is 2.08. The highest BCUT2D eigenvalue weighted by atomic mass is 32.2. The molecule has 0 aromatic carbocycles. The third-order valence-electron chi connectivity index (χ3n) is 4.97. The summed E-state index contributed by atoms with van der Waals surface area (Å²) in [6, 6.07) is 0. The van der Waals surface area contributed by atoms with E-state index in [1.165, 1.54) is 17.7 Å². The molecular weight excluding hydrogens is 344 g/mol. The van der Waals surface area contributed by atoms with Gasteiger partial charge in [0, 0.05) is 39.3 Å². The van der Waals surface area contributed by atoms with Crippen molar-refractivity contribution in [1.82, 2.24) is 14.5 Å². The van der Waals surface area contributed by atoms with Crippen LogP contribution in [0.2, 0.25) is 0 Å². The van der Waals surface area contributed by atoms with Crippen molar-refractivity contribution in [3.05, 3.63) is 0 Å². The SMILES string of the molecule is CCNC(=NCC1CCN(S(C)(=O)=O)C1)N1CC(C)C(C(=O)OC)C1. The molecule has 0 bridgehead atoms. The molecule has 9 heteroatoms. The first-order chi connectivity index (χ1) is 11.8. The lowest BCUT2D eigenvalue weighted by atomic mass is 9.99. The molecule has 0 saturated carbocycles. The van der Waals surface area contributed by atoms with Crippen molar-refractivity contribution >= 4 is 22.0 Å². The summed E-state index contributed by atoms with van der Waals surface area (Å²) >= 11 is 0. The maximum Gasteiger partial charge on any atom is 0.310 e. The van der Waals surface area contributed by atoms with Gasteiger partial charge in [0.05, 0.1) is 19.3 Å². The Hall–Kier alpha value is -1.35. The van der Waals surface area contributed by atoms with E-state index in [2.05, 4.69) is 10.2 Å². The second-order valence-electron chi connectivity index (χ2n) is 6.98. The third kappa shape index (κ3) is 5.07. The fourth-order valence-electron chi connectivity index (χ4n) is 3.49. The fraction of sp³-hybridized carbons (Fsp3) is 0.875. The fourth-order valence-corrected chi connectivity index (χ4v) is 4.41. The van der Waals surface area contributed by atoms with Crippen molar-refractivity contribution in [1.29, 1.82) is 0 Å². The molecular formula is C16H30N4O4S. The summed E-state index contributed by atoms with van der Waals surface area (Å²) in [5.74, 6) is 0.924. The minimum atomic E-state index is -3.12. The summed E-state index contributed by atoms with van der Waals surface area (Å²) in [7, 11) is -1.70. The van der Waals surface area contributed by atoms with Crippen LogP contribution in [0.25, 0.3) is 0 Å². The van der Waals surface area contributed by atoms with E-state index < -0.39 is 10.0 Å².